The number of fused-ring (bicyclic) bond motifs is 2. The van der Waals surface area contributed by atoms with Crippen LogP contribution in [0, 0.1) is 11.8 Å². The third-order valence-electron chi connectivity index (χ3n) is 3.48. The van der Waals surface area contributed by atoms with Gasteiger partial charge < -0.3 is 4.90 Å². The lowest BCUT2D eigenvalue weighted by atomic mass is 10.0. The van der Waals surface area contributed by atoms with Crippen LogP contribution in [0.25, 0.3) is 0 Å². The Bertz CT molecular complexity index is 185. The number of hydrogen-bond donors (Lipinski definition) is 0. The molecule has 1 heteroatoms. The first-order valence-corrected chi connectivity index (χ1v) is 5.16. The first-order chi connectivity index (χ1) is 5.75. The van der Waals surface area contributed by atoms with E-state index in [-0.39, 0.29) is 0 Å². The Morgan fingerprint density at radius 2 is 2.00 bits per heavy atom. The maximum Gasteiger partial charge on any atom is 0.0203 e. The minimum Gasteiger partial charge on any atom is -0.375 e. The minimum absolute atomic E-state index is 0.981. The summed E-state index contributed by atoms with van der Waals surface area (Å²) in [6.45, 7) is 8.71. The third kappa shape index (κ3) is 1.50. The molecule has 2 rings (SSSR count). The second-order valence-electron chi connectivity index (χ2n) is 4.52. The van der Waals surface area contributed by atoms with Gasteiger partial charge in [-0.05, 0) is 38.0 Å². The molecule has 68 valence electrons. The summed E-state index contributed by atoms with van der Waals surface area (Å²) in [7, 11) is 0. The first-order valence-electron chi connectivity index (χ1n) is 5.16. The normalized spacial score (nSPS) is 34.9. The predicted molar refractivity (Wildman–Crippen MR) is 51.8 cm³/mol. The molecule has 1 aliphatic heterocycles. The summed E-state index contributed by atoms with van der Waals surface area (Å²) in [6.07, 6.45) is 5.86. The summed E-state index contributed by atoms with van der Waals surface area (Å²) < 4.78 is 0. The summed E-state index contributed by atoms with van der Waals surface area (Å²) in [6, 6.07) is 0. The van der Waals surface area contributed by atoms with Gasteiger partial charge in [0.15, 0.2) is 0 Å². The second-order valence-corrected chi connectivity index (χ2v) is 4.52. The Morgan fingerprint density at radius 3 is 2.75 bits per heavy atom. The van der Waals surface area contributed by atoms with Crippen LogP contribution >= 0.6 is 0 Å². The van der Waals surface area contributed by atoms with E-state index >= 15 is 0 Å². The van der Waals surface area contributed by atoms with E-state index in [1.165, 1.54) is 44.5 Å². The lowest BCUT2D eigenvalue weighted by molar-refractivity contribution is 0.294. The molecule has 2 fully saturated rings. The Morgan fingerprint density at radius 1 is 1.25 bits per heavy atom. The topological polar surface area (TPSA) is 3.24 Å². The molecule has 0 spiro atoms. The van der Waals surface area contributed by atoms with Crippen molar-refractivity contribution in [3.8, 4) is 0 Å². The molecule has 1 aliphatic carbocycles. The SMILES string of the molecule is C=C(C)N1CCC2CCC(C2)C1. The molecule has 0 aromatic carbocycles. The highest BCUT2D eigenvalue weighted by molar-refractivity contribution is 4.93. The molecule has 2 aliphatic rings. The van der Waals surface area contributed by atoms with Gasteiger partial charge in [-0.1, -0.05) is 13.0 Å². The smallest absolute Gasteiger partial charge is 0.0203 e. The fraction of sp³-hybridized carbons (Fsp3) is 0.818. The van der Waals surface area contributed by atoms with Crippen molar-refractivity contribution in [2.75, 3.05) is 13.1 Å². The molecule has 1 saturated carbocycles. The van der Waals surface area contributed by atoms with Gasteiger partial charge in [-0.25, -0.2) is 0 Å². The van der Waals surface area contributed by atoms with Crippen LogP contribution in [0.2, 0.25) is 0 Å². The van der Waals surface area contributed by atoms with Crippen molar-refractivity contribution >= 4 is 0 Å². The van der Waals surface area contributed by atoms with Crippen molar-refractivity contribution in [3.63, 3.8) is 0 Å². The number of likely N-dealkylation sites (tertiary alicyclic amines) is 1. The highest BCUT2D eigenvalue weighted by Gasteiger charge is 2.29. The average Bonchev–Trinajstić information content (AvgIpc) is 2.29. The summed E-state index contributed by atoms with van der Waals surface area (Å²) >= 11 is 0. The zero-order valence-corrected chi connectivity index (χ0v) is 8.05. The molecule has 0 amide bonds. The molecule has 1 nitrogen and oxygen atoms in total. The van der Waals surface area contributed by atoms with E-state index in [4.69, 9.17) is 0 Å². The molecule has 12 heavy (non-hydrogen) atoms. The van der Waals surface area contributed by atoms with Crippen LogP contribution < -0.4 is 0 Å². The molecule has 2 bridgehead atoms. The van der Waals surface area contributed by atoms with Gasteiger partial charge in [0.1, 0.15) is 0 Å². The van der Waals surface area contributed by atoms with Gasteiger partial charge in [0.25, 0.3) is 0 Å². The van der Waals surface area contributed by atoms with Crippen LogP contribution in [0.1, 0.15) is 32.6 Å². The average molecular weight is 165 g/mol. The molecule has 1 saturated heterocycles. The molecular formula is C11H19N. The van der Waals surface area contributed by atoms with Crippen LogP contribution in [-0.2, 0) is 0 Å². The number of rotatable bonds is 1. The van der Waals surface area contributed by atoms with Gasteiger partial charge >= 0.3 is 0 Å². The van der Waals surface area contributed by atoms with E-state index in [1.54, 1.807) is 0 Å². The van der Waals surface area contributed by atoms with Gasteiger partial charge in [-0.3, -0.25) is 0 Å². The van der Waals surface area contributed by atoms with E-state index in [9.17, 15) is 0 Å². The van der Waals surface area contributed by atoms with Crippen LogP contribution in [0.3, 0.4) is 0 Å². The standard InChI is InChI=1S/C11H19N/c1-9(2)12-6-5-10-3-4-11(7-10)8-12/h10-11H,1,3-8H2,2H3. The molecule has 2 atom stereocenters. The van der Waals surface area contributed by atoms with Crippen molar-refractivity contribution in [2.45, 2.75) is 32.6 Å². The van der Waals surface area contributed by atoms with Gasteiger partial charge in [-0.2, -0.15) is 0 Å². The molecule has 0 radical (unpaired) electrons. The van der Waals surface area contributed by atoms with Crippen molar-refractivity contribution in [1.82, 2.24) is 4.90 Å². The number of hydrogen-bond acceptors (Lipinski definition) is 1. The summed E-state index contributed by atoms with van der Waals surface area (Å²) in [5.41, 5.74) is 1.27. The van der Waals surface area contributed by atoms with E-state index in [0.29, 0.717) is 0 Å². The predicted octanol–water partition coefficient (Wildman–Crippen LogP) is 2.64. The summed E-state index contributed by atoms with van der Waals surface area (Å²) in [5.74, 6) is 2.02. The van der Waals surface area contributed by atoms with Crippen LogP contribution in [-0.4, -0.2) is 18.0 Å². The maximum atomic E-state index is 4.03. The highest BCUT2D eigenvalue weighted by atomic mass is 15.1. The lowest BCUT2D eigenvalue weighted by Crippen LogP contribution is -2.26. The number of allylic oxidation sites excluding steroid dienone is 1. The largest absolute Gasteiger partial charge is 0.375 e. The Labute approximate surface area is 75.4 Å². The van der Waals surface area contributed by atoms with Gasteiger partial charge in [0.2, 0.25) is 0 Å². The Hall–Kier alpha value is -0.460. The lowest BCUT2D eigenvalue weighted by Gasteiger charge is -2.26. The molecule has 0 N–H and O–H groups in total. The monoisotopic (exact) mass is 165 g/mol. The zero-order valence-electron chi connectivity index (χ0n) is 8.05. The van der Waals surface area contributed by atoms with Gasteiger partial charge in [0, 0.05) is 18.8 Å². The number of nitrogens with zero attached hydrogens (tertiary/aromatic N) is 1. The fourth-order valence-electron chi connectivity index (χ4n) is 2.69. The van der Waals surface area contributed by atoms with Gasteiger partial charge in [0.05, 0.1) is 0 Å². The molecule has 2 unspecified atom stereocenters. The molecular weight excluding hydrogens is 146 g/mol. The highest BCUT2D eigenvalue weighted by Crippen LogP contribution is 2.36. The second kappa shape index (κ2) is 3.12. The van der Waals surface area contributed by atoms with Gasteiger partial charge in [-0.15, -0.1) is 0 Å². The Balaban J connectivity index is 2.00. The molecule has 1 heterocycles. The van der Waals surface area contributed by atoms with Crippen LogP contribution in [0.5, 0.6) is 0 Å². The van der Waals surface area contributed by atoms with Crippen molar-refractivity contribution in [1.29, 1.82) is 0 Å². The van der Waals surface area contributed by atoms with Crippen LogP contribution in [0.4, 0.5) is 0 Å². The maximum absolute atomic E-state index is 4.03. The summed E-state index contributed by atoms with van der Waals surface area (Å²) in [5, 5.41) is 0. The van der Waals surface area contributed by atoms with E-state index in [2.05, 4.69) is 18.4 Å². The first kappa shape index (κ1) is 8.15. The third-order valence-corrected chi connectivity index (χ3v) is 3.48. The zero-order chi connectivity index (χ0) is 8.55. The van der Waals surface area contributed by atoms with E-state index < -0.39 is 0 Å². The summed E-state index contributed by atoms with van der Waals surface area (Å²) in [4.78, 5) is 2.48. The minimum atomic E-state index is 0.981. The van der Waals surface area contributed by atoms with E-state index in [0.717, 1.165) is 11.8 Å². The van der Waals surface area contributed by atoms with E-state index in [1.807, 2.05) is 0 Å². The quantitative estimate of drug-likeness (QED) is 0.577. The van der Waals surface area contributed by atoms with Crippen molar-refractivity contribution in [3.05, 3.63) is 12.3 Å². The molecule has 0 aromatic heterocycles. The Kier molecular flexibility index (Phi) is 2.12. The molecule has 0 aromatic rings. The van der Waals surface area contributed by atoms with Crippen LogP contribution in [0.15, 0.2) is 12.3 Å². The fourth-order valence-corrected chi connectivity index (χ4v) is 2.69. The van der Waals surface area contributed by atoms with Crippen molar-refractivity contribution in [2.24, 2.45) is 11.8 Å². The van der Waals surface area contributed by atoms with Crippen molar-refractivity contribution < 1.29 is 0 Å².